The molecule has 0 unspecified atom stereocenters. The maximum absolute atomic E-state index is 5.29. The van der Waals surface area contributed by atoms with Crippen molar-refractivity contribution in [3.8, 4) is 0 Å². The van der Waals surface area contributed by atoms with Gasteiger partial charge in [-0.15, -0.1) is 24.0 Å². The van der Waals surface area contributed by atoms with Crippen molar-refractivity contribution in [1.29, 1.82) is 0 Å². The van der Waals surface area contributed by atoms with Crippen LogP contribution in [-0.2, 0) is 4.74 Å². The summed E-state index contributed by atoms with van der Waals surface area (Å²) in [6.07, 6.45) is 12.0. The van der Waals surface area contributed by atoms with Crippen LogP contribution in [0.25, 0.3) is 0 Å². The predicted octanol–water partition coefficient (Wildman–Crippen LogP) is 3.63. The Morgan fingerprint density at radius 1 is 1.15 bits per heavy atom. The van der Waals surface area contributed by atoms with Crippen molar-refractivity contribution in [3.63, 3.8) is 0 Å². The molecule has 2 aliphatic carbocycles. The Hall–Kier alpha value is -0.0800. The van der Waals surface area contributed by atoms with Gasteiger partial charge in [0.15, 0.2) is 5.96 Å². The lowest BCUT2D eigenvalue weighted by atomic mass is 9.67. The van der Waals surface area contributed by atoms with E-state index in [2.05, 4.69) is 29.5 Å². The van der Waals surface area contributed by atoms with Crippen molar-refractivity contribution in [3.05, 3.63) is 0 Å². The van der Waals surface area contributed by atoms with Crippen molar-refractivity contribution in [2.75, 3.05) is 46.9 Å². The fourth-order valence-electron chi connectivity index (χ4n) is 4.13. The lowest BCUT2D eigenvalue weighted by Crippen LogP contribution is -2.44. The van der Waals surface area contributed by atoms with Crippen molar-refractivity contribution >= 4 is 29.9 Å². The Labute approximate surface area is 178 Å². The molecule has 0 saturated heterocycles. The van der Waals surface area contributed by atoms with E-state index in [9.17, 15) is 0 Å². The highest BCUT2D eigenvalue weighted by atomic mass is 127. The van der Waals surface area contributed by atoms with E-state index in [0.717, 1.165) is 51.2 Å². The maximum Gasteiger partial charge on any atom is 0.191 e. The monoisotopic (exact) mass is 480 g/mol. The van der Waals surface area contributed by atoms with Crippen LogP contribution in [0.4, 0.5) is 0 Å². The van der Waals surface area contributed by atoms with Gasteiger partial charge in [-0.2, -0.15) is 0 Å². The quantitative estimate of drug-likeness (QED) is 0.285. The number of guanidine groups is 1. The molecule has 6 heteroatoms. The fourth-order valence-corrected chi connectivity index (χ4v) is 4.13. The Morgan fingerprint density at radius 2 is 1.88 bits per heavy atom. The van der Waals surface area contributed by atoms with E-state index in [4.69, 9.17) is 9.73 Å². The molecule has 0 heterocycles. The number of rotatable bonds is 10. The first-order valence-electron chi connectivity index (χ1n) is 10.4. The first-order chi connectivity index (χ1) is 12.2. The van der Waals surface area contributed by atoms with Crippen LogP contribution in [-0.4, -0.2) is 63.8 Å². The highest BCUT2D eigenvalue weighted by molar-refractivity contribution is 14.0. The normalized spacial score (nSPS) is 20.4. The van der Waals surface area contributed by atoms with Crippen LogP contribution in [0, 0.1) is 5.41 Å². The lowest BCUT2D eigenvalue weighted by molar-refractivity contribution is 0.0778. The number of nitrogens with one attached hydrogen (secondary N) is 2. The zero-order chi connectivity index (χ0) is 18.0. The minimum Gasteiger partial charge on any atom is -0.385 e. The molecule has 0 aliphatic heterocycles. The Morgan fingerprint density at radius 3 is 2.46 bits per heavy atom. The zero-order valence-corrected chi connectivity index (χ0v) is 19.5. The Bertz CT molecular complexity index is 395. The number of nitrogens with zero attached hydrogens (tertiary/aromatic N) is 2. The minimum absolute atomic E-state index is 0. The molecule has 5 nitrogen and oxygen atoms in total. The number of halogens is 1. The molecular formula is C20H41IN4O. The highest BCUT2D eigenvalue weighted by Crippen LogP contribution is 2.44. The van der Waals surface area contributed by atoms with Gasteiger partial charge in [0.2, 0.25) is 0 Å². The van der Waals surface area contributed by atoms with E-state index >= 15 is 0 Å². The molecule has 0 aromatic carbocycles. The van der Waals surface area contributed by atoms with Crippen molar-refractivity contribution < 1.29 is 4.74 Å². The van der Waals surface area contributed by atoms with Crippen molar-refractivity contribution in [1.82, 2.24) is 15.5 Å². The van der Waals surface area contributed by atoms with Gasteiger partial charge in [-0.25, -0.2) is 0 Å². The largest absolute Gasteiger partial charge is 0.385 e. The van der Waals surface area contributed by atoms with E-state index in [0.29, 0.717) is 5.41 Å². The van der Waals surface area contributed by atoms with Crippen LogP contribution in [0.1, 0.15) is 64.7 Å². The topological polar surface area (TPSA) is 48.9 Å². The predicted molar refractivity (Wildman–Crippen MR) is 122 cm³/mol. The van der Waals surface area contributed by atoms with Gasteiger partial charge in [-0.1, -0.05) is 25.7 Å². The standard InChI is InChI=1S/C20H40N4O.HI/c1-4-21-19(23-17-20(11-8-12-20)13-16-25-3)22-14-15-24(2)18-9-6-5-7-10-18;/h18H,4-17H2,1-3H3,(H2,21,22,23);1H. The molecule has 0 spiro atoms. The van der Waals surface area contributed by atoms with E-state index in [1.54, 1.807) is 7.11 Å². The van der Waals surface area contributed by atoms with Gasteiger partial charge in [0, 0.05) is 45.9 Å². The zero-order valence-electron chi connectivity index (χ0n) is 17.2. The first-order valence-corrected chi connectivity index (χ1v) is 10.4. The van der Waals surface area contributed by atoms with Gasteiger partial charge >= 0.3 is 0 Å². The Balaban J connectivity index is 0.00000338. The van der Waals surface area contributed by atoms with Gasteiger partial charge in [-0.05, 0) is 51.5 Å². The molecule has 154 valence electrons. The average molecular weight is 480 g/mol. The molecular weight excluding hydrogens is 439 g/mol. The number of ether oxygens (including phenoxy) is 1. The summed E-state index contributed by atoms with van der Waals surface area (Å²) < 4.78 is 5.29. The van der Waals surface area contributed by atoms with E-state index in [1.165, 1.54) is 51.4 Å². The first kappa shape index (κ1) is 24.0. The molecule has 2 fully saturated rings. The second kappa shape index (κ2) is 13.2. The van der Waals surface area contributed by atoms with Crippen LogP contribution in [0.5, 0.6) is 0 Å². The molecule has 0 aromatic heterocycles. The molecule has 2 aliphatic rings. The molecule has 0 bridgehead atoms. The number of methoxy groups -OCH3 is 1. The van der Waals surface area contributed by atoms with E-state index in [1.807, 2.05) is 0 Å². The summed E-state index contributed by atoms with van der Waals surface area (Å²) >= 11 is 0. The maximum atomic E-state index is 5.29. The summed E-state index contributed by atoms with van der Waals surface area (Å²) in [5.74, 6) is 0.975. The Kier molecular flexibility index (Phi) is 12.1. The fraction of sp³-hybridized carbons (Fsp3) is 0.950. The summed E-state index contributed by atoms with van der Waals surface area (Å²) in [4.78, 5) is 7.42. The van der Waals surface area contributed by atoms with Gasteiger partial charge < -0.3 is 20.3 Å². The third-order valence-electron chi connectivity index (χ3n) is 6.12. The number of aliphatic imine (C=N–C) groups is 1. The van der Waals surface area contributed by atoms with Gasteiger partial charge in [0.1, 0.15) is 0 Å². The summed E-state index contributed by atoms with van der Waals surface area (Å²) in [7, 11) is 4.07. The average Bonchev–Trinajstić information content (AvgIpc) is 2.61. The molecule has 26 heavy (non-hydrogen) atoms. The van der Waals surface area contributed by atoms with Crippen molar-refractivity contribution in [2.24, 2.45) is 10.4 Å². The molecule has 2 saturated carbocycles. The molecule has 0 amide bonds. The molecule has 0 atom stereocenters. The number of hydrogen-bond donors (Lipinski definition) is 2. The summed E-state index contributed by atoms with van der Waals surface area (Å²) in [6, 6.07) is 0.780. The molecule has 0 aromatic rings. The van der Waals surface area contributed by atoms with Gasteiger partial charge in [0.25, 0.3) is 0 Å². The highest BCUT2D eigenvalue weighted by Gasteiger charge is 2.36. The summed E-state index contributed by atoms with van der Waals surface area (Å²) in [6.45, 7) is 6.87. The third-order valence-corrected chi connectivity index (χ3v) is 6.12. The molecule has 2 N–H and O–H groups in total. The third kappa shape index (κ3) is 7.89. The number of likely N-dealkylation sites (N-methyl/N-ethyl adjacent to an activating group) is 1. The smallest absolute Gasteiger partial charge is 0.191 e. The molecule has 2 rings (SSSR count). The van der Waals surface area contributed by atoms with E-state index < -0.39 is 0 Å². The van der Waals surface area contributed by atoms with Crippen LogP contribution in [0.15, 0.2) is 4.99 Å². The van der Waals surface area contributed by atoms with Gasteiger partial charge in [-0.3, -0.25) is 4.99 Å². The SMILES string of the molecule is CCNC(=NCC1(CCOC)CCC1)NCCN(C)C1CCCCC1.I. The van der Waals surface area contributed by atoms with Crippen LogP contribution < -0.4 is 10.6 Å². The molecule has 0 radical (unpaired) electrons. The van der Waals surface area contributed by atoms with Crippen LogP contribution in [0.3, 0.4) is 0 Å². The van der Waals surface area contributed by atoms with Crippen LogP contribution in [0.2, 0.25) is 0 Å². The van der Waals surface area contributed by atoms with Gasteiger partial charge in [0.05, 0.1) is 0 Å². The summed E-state index contributed by atoms with van der Waals surface area (Å²) in [5, 5.41) is 6.94. The lowest BCUT2D eigenvalue weighted by Gasteiger charge is -2.40. The number of hydrogen-bond acceptors (Lipinski definition) is 3. The minimum atomic E-state index is 0. The van der Waals surface area contributed by atoms with E-state index in [-0.39, 0.29) is 24.0 Å². The summed E-state index contributed by atoms with van der Waals surface area (Å²) in [5.41, 5.74) is 0.386. The second-order valence-corrected chi connectivity index (χ2v) is 7.99. The van der Waals surface area contributed by atoms with Crippen molar-refractivity contribution in [2.45, 2.75) is 70.8 Å². The second-order valence-electron chi connectivity index (χ2n) is 7.99. The van der Waals surface area contributed by atoms with Crippen LogP contribution >= 0.6 is 24.0 Å².